The first-order valence-electron chi connectivity index (χ1n) is 7.07. The van der Waals surface area contributed by atoms with Gasteiger partial charge >= 0.3 is 0 Å². The monoisotopic (exact) mass is 346 g/mol. The maximum atomic E-state index is 12.4. The van der Waals surface area contributed by atoms with E-state index in [1.165, 1.54) is 18.0 Å². The van der Waals surface area contributed by atoms with Gasteiger partial charge in [0.05, 0.1) is 29.7 Å². The van der Waals surface area contributed by atoms with Crippen LogP contribution in [0.25, 0.3) is 5.69 Å². The molecule has 3 aromatic rings. The number of benzene rings is 1. The highest BCUT2D eigenvalue weighted by Crippen LogP contribution is 2.27. The average Bonchev–Trinajstić information content (AvgIpc) is 3.13. The molecule has 1 N–H and O–H groups in total. The molecule has 0 saturated heterocycles. The van der Waals surface area contributed by atoms with Gasteiger partial charge in [-0.3, -0.25) is 4.79 Å². The van der Waals surface area contributed by atoms with Crippen LogP contribution in [0.3, 0.4) is 0 Å². The third-order valence-corrected chi connectivity index (χ3v) is 3.75. The van der Waals surface area contributed by atoms with E-state index >= 15 is 0 Å². The summed E-state index contributed by atoms with van der Waals surface area (Å²) in [5.41, 5.74) is 1.93. The van der Waals surface area contributed by atoms with Crippen LogP contribution in [0.15, 0.2) is 30.5 Å². The number of hydrogen-bond acceptors (Lipinski definition) is 5. The van der Waals surface area contributed by atoms with Crippen molar-refractivity contribution in [3.8, 4) is 11.6 Å². The Bertz CT molecular complexity index is 901. The van der Waals surface area contributed by atoms with Gasteiger partial charge in [-0.25, -0.2) is 9.36 Å². The maximum Gasteiger partial charge on any atom is 0.278 e. The lowest BCUT2D eigenvalue weighted by atomic mass is 10.3. The first kappa shape index (κ1) is 16.0. The Kier molecular flexibility index (Phi) is 4.22. The summed E-state index contributed by atoms with van der Waals surface area (Å²) in [6, 6.07) is 7.16. The molecule has 2 heterocycles. The number of para-hydroxylation sites is 1. The Balaban J connectivity index is 1.86. The van der Waals surface area contributed by atoms with Crippen LogP contribution in [0.2, 0.25) is 5.02 Å². The van der Waals surface area contributed by atoms with E-state index in [1.807, 2.05) is 12.1 Å². The van der Waals surface area contributed by atoms with Crippen LogP contribution < -0.4 is 10.1 Å². The van der Waals surface area contributed by atoms with E-state index in [1.54, 1.807) is 30.8 Å². The zero-order valence-electron chi connectivity index (χ0n) is 13.3. The second-order valence-electron chi connectivity index (χ2n) is 5.05. The Morgan fingerprint density at radius 1 is 1.33 bits per heavy atom. The van der Waals surface area contributed by atoms with Gasteiger partial charge in [-0.05, 0) is 19.1 Å². The first-order chi connectivity index (χ1) is 11.5. The fourth-order valence-corrected chi connectivity index (χ4v) is 2.54. The minimum absolute atomic E-state index is 0.153. The number of aryl methyl sites for hydroxylation is 2. The standard InChI is InChI=1S/C15H15ClN6O2/c1-9-13(15(24-3)21(2)19-9)17-14(23)11-8-22(20-18-11)12-7-5-4-6-10(12)16/h4-8H,1-3H3,(H,17,23). The fraction of sp³-hybridized carbons (Fsp3) is 0.200. The number of carbonyl (C=O) groups excluding carboxylic acids is 1. The lowest BCUT2D eigenvalue weighted by molar-refractivity contribution is 0.102. The van der Waals surface area contributed by atoms with Crippen molar-refractivity contribution in [2.75, 3.05) is 12.4 Å². The molecule has 1 aromatic carbocycles. The van der Waals surface area contributed by atoms with E-state index in [2.05, 4.69) is 20.7 Å². The number of hydrogen-bond donors (Lipinski definition) is 1. The summed E-state index contributed by atoms with van der Waals surface area (Å²) in [5.74, 6) is 0.0436. The zero-order valence-corrected chi connectivity index (χ0v) is 14.1. The molecule has 0 aliphatic heterocycles. The smallest absolute Gasteiger partial charge is 0.278 e. The quantitative estimate of drug-likeness (QED) is 0.782. The molecule has 0 aliphatic carbocycles. The van der Waals surface area contributed by atoms with Crippen molar-refractivity contribution in [2.45, 2.75) is 6.92 Å². The minimum atomic E-state index is -0.414. The molecule has 0 bridgehead atoms. The van der Waals surface area contributed by atoms with Gasteiger partial charge in [-0.2, -0.15) is 5.10 Å². The molecular weight excluding hydrogens is 332 g/mol. The van der Waals surface area contributed by atoms with E-state index in [-0.39, 0.29) is 5.69 Å². The predicted octanol–water partition coefficient (Wildman–Crippen LogP) is 2.22. The van der Waals surface area contributed by atoms with Crippen LogP contribution in [-0.2, 0) is 7.05 Å². The number of amides is 1. The molecule has 0 fully saturated rings. The Morgan fingerprint density at radius 2 is 2.08 bits per heavy atom. The topological polar surface area (TPSA) is 86.9 Å². The molecule has 8 nitrogen and oxygen atoms in total. The second kappa shape index (κ2) is 6.32. The van der Waals surface area contributed by atoms with Crippen molar-refractivity contribution in [2.24, 2.45) is 7.05 Å². The molecule has 0 spiro atoms. The van der Waals surface area contributed by atoms with Crippen LogP contribution in [0.5, 0.6) is 5.88 Å². The van der Waals surface area contributed by atoms with E-state index in [4.69, 9.17) is 16.3 Å². The third kappa shape index (κ3) is 2.83. The molecule has 0 unspecified atom stereocenters. The molecular formula is C15H15ClN6O2. The molecule has 124 valence electrons. The SMILES string of the molecule is COc1c(NC(=O)c2cn(-c3ccccc3Cl)nn2)c(C)nn1C. The number of aromatic nitrogens is 5. The molecule has 0 atom stereocenters. The molecule has 0 aliphatic rings. The minimum Gasteiger partial charge on any atom is -0.480 e. The predicted molar refractivity (Wildman–Crippen MR) is 88.8 cm³/mol. The first-order valence-corrected chi connectivity index (χ1v) is 7.45. The van der Waals surface area contributed by atoms with Crippen LogP contribution in [0, 0.1) is 6.92 Å². The molecule has 1 amide bonds. The Morgan fingerprint density at radius 3 is 2.79 bits per heavy atom. The Labute approximate surface area is 143 Å². The van der Waals surface area contributed by atoms with Crippen molar-refractivity contribution in [3.63, 3.8) is 0 Å². The van der Waals surface area contributed by atoms with Crippen molar-refractivity contribution in [1.82, 2.24) is 24.8 Å². The van der Waals surface area contributed by atoms with Crippen LogP contribution in [-0.4, -0.2) is 37.8 Å². The molecule has 9 heteroatoms. The molecule has 0 saturated carbocycles. The summed E-state index contributed by atoms with van der Waals surface area (Å²) in [7, 11) is 3.25. The van der Waals surface area contributed by atoms with E-state index in [9.17, 15) is 4.79 Å². The zero-order chi connectivity index (χ0) is 17.3. The van der Waals surface area contributed by atoms with Crippen LogP contribution >= 0.6 is 11.6 Å². The summed E-state index contributed by atoms with van der Waals surface area (Å²) in [5, 5.41) is 15.3. The maximum absolute atomic E-state index is 12.4. The van der Waals surface area contributed by atoms with Crippen molar-refractivity contribution in [1.29, 1.82) is 0 Å². The second-order valence-corrected chi connectivity index (χ2v) is 5.45. The normalized spacial score (nSPS) is 10.7. The highest BCUT2D eigenvalue weighted by atomic mass is 35.5. The van der Waals surface area contributed by atoms with E-state index < -0.39 is 5.91 Å². The van der Waals surface area contributed by atoms with Crippen molar-refractivity contribution in [3.05, 3.63) is 46.9 Å². The fourth-order valence-electron chi connectivity index (χ4n) is 2.32. The van der Waals surface area contributed by atoms with Gasteiger partial charge in [0.1, 0.15) is 5.69 Å². The number of nitrogens with one attached hydrogen (secondary N) is 1. The number of ether oxygens (including phenoxy) is 1. The molecule has 24 heavy (non-hydrogen) atoms. The largest absolute Gasteiger partial charge is 0.480 e. The summed E-state index contributed by atoms with van der Waals surface area (Å²) >= 11 is 6.12. The molecule has 0 radical (unpaired) electrons. The van der Waals surface area contributed by atoms with Crippen molar-refractivity contribution < 1.29 is 9.53 Å². The number of nitrogens with zero attached hydrogens (tertiary/aromatic N) is 5. The van der Waals surface area contributed by atoms with Crippen LogP contribution in [0.4, 0.5) is 5.69 Å². The van der Waals surface area contributed by atoms with Gasteiger partial charge in [0, 0.05) is 7.05 Å². The van der Waals surface area contributed by atoms with Gasteiger partial charge in [0.25, 0.3) is 5.91 Å². The lowest BCUT2D eigenvalue weighted by Gasteiger charge is -2.05. The molecule has 3 rings (SSSR count). The average molecular weight is 347 g/mol. The third-order valence-electron chi connectivity index (χ3n) is 3.43. The van der Waals surface area contributed by atoms with Gasteiger partial charge in [-0.15, -0.1) is 5.10 Å². The number of anilines is 1. The van der Waals surface area contributed by atoms with Gasteiger partial charge in [0.2, 0.25) is 5.88 Å². The summed E-state index contributed by atoms with van der Waals surface area (Å²) in [6.07, 6.45) is 1.51. The number of methoxy groups -OCH3 is 1. The van der Waals surface area contributed by atoms with E-state index in [0.717, 1.165) is 0 Å². The highest BCUT2D eigenvalue weighted by molar-refractivity contribution is 6.32. The summed E-state index contributed by atoms with van der Waals surface area (Å²) in [4.78, 5) is 12.4. The Hall–Kier alpha value is -2.87. The molecule has 2 aromatic heterocycles. The van der Waals surface area contributed by atoms with Gasteiger partial charge in [0.15, 0.2) is 5.69 Å². The van der Waals surface area contributed by atoms with Crippen molar-refractivity contribution >= 4 is 23.2 Å². The van der Waals surface area contributed by atoms with Gasteiger partial charge < -0.3 is 10.1 Å². The van der Waals surface area contributed by atoms with E-state index in [0.29, 0.717) is 28.0 Å². The number of carbonyl (C=O) groups is 1. The van der Waals surface area contributed by atoms with Crippen LogP contribution in [0.1, 0.15) is 16.2 Å². The highest BCUT2D eigenvalue weighted by Gasteiger charge is 2.19. The lowest BCUT2D eigenvalue weighted by Crippen LogP contribution is -2.13. The summed E-state index contributed by atoms with van der Waals surface area (Å²) in [6.45, 7) is 1.78. The number of halogens is 1. The van der Waals surface area contributed by atoms with Gasteiger partial charge in [-0.1, -0.05) is 28.9 Å². The number of rotatable bonds is 4. The summed E-state index contributed by atoms with van der Waals surface area (Å²) < 4.78 is 8.25.